The minimum absolute atomic E-state index is 0.0806. The Hall–Kier alpha value is -2.92. The highest BCUT2D eigenvalue weighted by Crippen LogP contribution is 2.17. The van der Waals surface area contributed by atoms with Gasteiger partial charge in [0.05, 0.1) is 6.61 Å². The minimum atomic E-state index is -0.793. The Labute approximate surface area is 422 Å². The zero-order valence-corrected chi connectivity index (χ0v) is 44.9. The summed E-state index contributed by atoms with van der Waals surface area (Å²) in [7, 11) is 0. The van der Waals surface area contributed by atoms with E-state index in [-0.39, 0.29) is 25.2 Å². The van der Waals surface area contributed by atoms with Crippen molar-refractivity contribution in [3.63, 3.8) is 0 Å². The molecule has 0 heterocycles. The van der Waals surface area contributed by atoms with Crippen molar-refractivity contribution in [1.29, 1.82) is 0 Å². The quantitative estimate of drug-likeness (QED) is 0.0374. The van der Waals surface area contributed by atoms with Gasteiger partial charge in [0.1, 0.15) is 6.61 Å². The van der Waals surface area contributed by atoms with E-state index in [4.69, 9.17) is 9.47 Å². The topological polar surface area (TPSA) is 72.8 Å². The van der Waals surface area contributed by atoms with E-state index in [0.29, 0.717) is 12.8 Å². The molecule has 392 valence electrons. The standard InChI is InChI=1S/C63H110O5/c1-3-5-7-9-11-13-15-17-19-21-23-24-25-26-27-28-29-30-31-32-33-34-35-36-37-38-40-41-43-45-47-49-51-53-55-57-62(65)67-60-61(59-64)68-63(66)58-56-54-52-50-48-46-44-42-39-22-20-18-16-14-12-10-8-6-4-2/h6,8,12,14-15,17-18,20-21,23,39,42,46,48,61,64H,3-5,7,9-11,13,16,19,22,24-38,40-41,43-45,47,49-60H2,1-2H3/b8-6-,14-12-,17-15-,20-18-,23-21-,42-39-,48-46-. The third-order valence-corrected chi connectivity index (χ3v) is 12.7. The second kappa shape index (κ2) is 58.4. The first-order chi connectivity index (χ1) is 33.6. The number of carbonyl (C=O) groups is 2. The molecule has 0 aliphatic heterocycles. The van der Waals surface area contributed by atoms with Gasteiger partial charge in [0.15, 0.2) is 6.10 Å². The van der Waals surface area contributed by atoms with Crippen LogP contribution in [0.15, 0.2) is 85.1 Å². The summed E-state index contributed by atoms with van der Waals surface area (Å²) in [4.78, 5) is 24.5. The van der Waals surface area contributed by atoms with Crippen molar-refractivity contribution in [2.24, 2.45) is 0 Å². The second-order valence-corrected chi connectivity index (χ2v) is 19.3. The van der Waals surface area contributed by atoms with Crippen LogP contribution in [0.3, 0.4) is 0 Å². The Kier molecular flexibility index (Phi) is 55.9. The lowest BCUT2D eigenvalue weighted by Crippen LogP contribution is -2.28. The van der Waals surface area contributed by atoms with Crippen LogP contribution >= 0.6 is 0 Å². The molecule has 5 nitrogen and oxygen atoms in total. The van der Waals surface area contributed by atoms with E-state index in [0.717, 1.165) is 83.5 Å². The summed E-state index contributed by atoms with van der Waals surface area (Å²) in [5, 5.41) is 9.64. The van der Waals surface area contributed by atoms with Crippen LogP contribution in [-0.2, 0) is 19.1 Å². The average Bonchev–Trinajstić information content (AvgIpc) is 3.34. The normalized spacial score (nSPS) is 12.8. The van der Waals surface area contributed by atoms with Crippen molar-refractivity contribution >= 4 is 11.9 Å². The molecular weight excluding hydrogens is 837 g/mol. The summed E-state index contributed by atoms with van der Waals surface area (Å²) in [5.74, 6) is -0.622. The number of aliphatic hydroxyl groups is 1. The average molecular weight is 948 g/mol. The summed E-state index contributed by atoms with van der Waals surface area (Å²) in [6.45, 7) is 4.01. The van der Waals surface area contributed by atoms with E-state index in [9.17, 15) is 14.7 Å². The molecular formula is C63H110O5. The van der Waals surface area contributed by atoms with Crippen LogP contribution in [0.5, 0.6) is 0 Å². The summed E-state index contributed by atoms with van der Waals surface area (Å²) in [6.07, 6.45) is 81.5. The van der Waals surface area contributed by atoms with E-state index >= 15 is 0 Å². The summed E-state index contributed by atoms with van der Waals surface area (Å²) >= 11 is 0. The van der Waals surface area contributed by atoms with E-state index in [2.05, 4.69) is 98.9 Å². The third kappa shape index (κ3) is 55.7. The van der Waals surface area contributed by atoms with Gasteiger partial charge in [0.25, 0.3) is 0 Å². The smallest absolute Gasteiger partial charge is 0.306 e. The Morgan fingerprint density at radius 3 is 0.971 bits per heavy atom. The van der Waals surface area contributed by atoms with E-state index < -0.39 is 6.10 Å². The maximum atomic E-state index is 12.3. The fourth-order valence-electron chi connectivity index (χ4n) is 8.32. The molecule has 0 spiro atoms. The summed E-state index contributed by atoms with van der Waals surface area (Å²) < 4.78 is 10.7. The van der Waals surface area contributed by atoms with E-state index in [1.807, 2.05) is 0 Å². The van der Waals surface area contributed by atoms with Crippen molar-refractivity contribution in [3.05, 3.63) is 85.1 Å². The van der Waals surface area contributed by atoms with Crippen LogP contribution in [-0.4, -0.2) is 36.4 Å². The maximum absolute atomic E-state index is 12.3. The molecule has 5 heteroatoms. The molecule has 0 aliphatic carbocycles. The number of ether oxygens (including phenoxy) is 2. The van der Waals surface area contributed by atoms with Gasteiger partial charge in [0, 0.05) is 12.8 Å². The minimum Gasteiger partial charge on any atom is -0.462 e. The number of unbranched alkanes of at least 4 members (excludes halogenated alkanes) is 31. The molecule has 0 saturated carbocycles. The van der Waals surface area contributed by atoms with Gasteiger partial charge < -0.3 is 14.6 Å². The fourth-order valence-corrected chi connectivity index (χ4v) is 8.32. The Morgan fingerprint density at radius 2 is 0.632 bits per heavy atom. The first-order valence-electron chi connectivity index (χ1n) is 29.1. The summed E-state index contributed by atoms with van der Waals surface area (Å²) in [5.41, 5.74) is 0. The Morgan fingerprint density at radius 1 is 0.353 bits per heavy atom. The zero-order chi connectivity index (χ0) is 49.2. The number of carbonyl (C=O) groups excluding carboxylic acids is 2. The molecule has 1 N–H and O–H groups in total. The van der Waals surface area contributed by atoms with Gasteiger partial charge in [0.2, 0.25) is 0 Å². The highest BCUT2D eigenvalue weighted by Gasteiger charge is 2.16. The molecule has 1 unspecified atom stereocenters. The van der Waals surface area contributed by atoms with Gasteiger partial charge in [-0.25, -0.2) is 0 Å². The predicted octanol–water partition coefficient (Wildman–Crippen LogP) is 19.8. The molecule has 0 radical (unpaired) electrons. The Balaban J connectivity index is 3.46. The molecule has 0 aromatic heterocycles. The molecule has 0 aromatic carbocycles. The van der Waals surface area contributed by atoms with Gasteiger partial charge in [-0.05, 0) is 89.9 Å². The van der Waals surface area contributed by atoms with Crippen molar-refractivity contribution in [2.75, 3.05) is 13.2 Å². The van der Waals surface area contributed by atoms with Crippen molar-refractivity contribution in [1.82, 2.24) is 0 Å². The number of allylic oxidation sites excluding steroid dienone is 14. The van der Waals surface area contributed by atoms with Gasteiger partial charge in [-0.2, -0.15) is 0 Å². The monoisotopic (exact) mass is 947 g/mol. The number of hydrogen-bond acceptors (Lipinski definition) is 5. The molecule has 0 aromatic rings. The maximum Gasteiger partial charge on any atom is 0.306 e. The third-order valence-electron chi connectivity index (χ3n) is 12.7. The molecule has 1 atom stereocenters. The van der Waals surface area contributed by atoms with Crippen LogP contribution in [0, 0.1) is 0 Å². The van der Waals surface area contributed by atoms with Crippen molar-refractivity contribution < 1.29 is 24.2 Å². The molecule has 0 bridgehead atoms. The Bertz CT molecular complexity index is 1250. The summed E-state index contributed by atoms with van der Waals surface area (Å²) in [6, 6.07) is 0. The highest BCUT2D eigenvalue weighted by atomic mass is 16.6. The number of aliphatic hydroxyl groups excluding tert-OH is 1. The van der Waals surface area contributed by atoms with E-state index in [1.165, 1.54) is 173 Å². The lowest BCUT2D eigenvalue weighted by atomic mass is 10.0. The second-order valence-electron chi connectivity index (χ2n) is 19.3. The van der Waals surface area contributed by atoms with Crippen LogP contribution in [0.2, 0.25) is 0 Å². The van der Waals surface area contributed by atoms with Gasteiger partial charge in [-0.3, -0.25) is 9.59 Å². The van der Waals surface area contributed by atoms with Gasteiger partial charge in [-0.15, -0.1) is 0 Å². The molecule has 0 fully saturated rings. The largest absolute Gasteiger partial charge is 0.462 e. The molecule has 0 amide bonds. The lowest BCUT2D eigenvalue weighted by molar-refractivity contribution is -0.161. The first-order valence-corrected chi connectivity index (χ1v) is 29.1. The SMILES string of the molecule is CC/C=C\C/C=C\C/C=C\C/C=C\C/C=C\CCCCCC(=O)OC(CO)COC(=O)CCCCCCCCCCCCCCCCCCCCCCCCC/C=C\C/C=C\CCCCCCC. The number of esters is 2. The van der Waals surface area contributed by atoms with Crippen LogP contribution < -0.4 is 0 Å². The van der Waals surface area contributed by atoms with Crippen molar-refractivity contribution in [2.45, 2.75) is 290 Å². The molecule has 0 aliphatic rings. The zero-order valence-electron chi connectivity index (χ0n) is 44.9. The molecule has 68 heavy (non-hydrogen) atoms. The fraction of sp³-hybridized carbons (Fsp3) is 0.746. The van der Waals surface area contributed by atoms with Gasteiger partial charge in [-0.1, -0.05) is 266 Å². The van der Waals surface area contributed by atoms with Gasteiger partial charge >= 0.3 is 11.9 Å². The lowest BCUT2D eigenvalue weighted by Gasteiger charge is -2.15. The van der Waals surface area contributed by atoms with Crippen LogP contribution in [0.1, 0.15) is 284 Å². The van der Waals surface area contributed by atoms with Crippen LogP contribution in [0.4, 0.5) is 0 Å². The molecule has 0 rings (SSSR count). The predicted molar refractivity (Wildman–Crippen MR) is 297 cm³/mol. The number of hydrogen-bond donors (Lipinski definition) is 1. The first kappa shape index (κ1) is 65.1. The van der Waals surface area contributed by atoms with Crippen molar-refractivity contribution in [3.8, 4) is 0 Å². The number of rotatable bonds is 53. The van der Waals surface area contributed by atoms with Crippen LogP contribution in [0.25, 0.3) is 0 Å². The van der Waals surface area contributed by atoms with E-state index in [1.54, 1.807) is 0 Å². The molecule has 0 saturated heterocycles. The highest BCUT2D eigenvalue weighted by molar-refractivity contribution is 5.70.